The Balaban J connectivity index is 4.33. The van der Waals surface area contributed by atoms with Crippen LogP contribution in [0.25, 0.3) is 0 Å². The predicted octanol–water partition coefficient (Wildman–Crippen LogP) is 3.43. The fraction of sp³-hybridized carbons (Fsp3) is 0.882. The van der Waals surface area contributed by atoms with Gasteiger partial charge in [-0.25, -0.2) is 5.84 Å². The number of hydrogen-bond acceptors (Lipinski definition) is 3. The number of hydrogen-bond donors (Lipinski definition) is 2. The third kappa shape index (κ3) is 9.03. The van der Waals surface area contributed by atoms with Crippen molar-refractivity contribution in [1.29, 1.82) is 0 Å². The number of rotatable bonds is 12. The van der Waals surface area contributed by atoms with Crippen molar-refractivity contribution in [3.8, 4) is 0 Å². The molecule has 0 aliphatic carbocycles. The smallest absolute Gasteiger partial charge is 0.308 e. The van der Waals surface area contributed by atoms with Crippen LogP contribution in [-0.2, 0) is 9.59 Å². The van der Waals surface area contributed by atoms with Crippen molar-refractivity contribution in [1.82, 2.24) is 5.01 Å². The number of hydrazine groups is 1. The minimum absolute atomic E-state index is 0.102. The molecule has 0 aromatic rings. The molecule has 3 unspecified atom stereocenters. The van der Waals surface area contributed by atoms with Crippen LogP contribution in [-0.4, -0.2) is 28.5 Å². The van der Waals surface area contributed by atoms with Gasteiger partial charge in [-0.15, -0.1) is 0 Å². The summed E-state index contributed by atoms with van der Waals surface area (Å²) < 4.78 is 0. The molecule has 1 amide bonds. The molecule has 130 valence electrons. The zero-order valence-corrected chi connectivity index (χ0v) is 14.7. The topological polar surface area (TPSA) is 83.6 Å². The SMILES string of the molecule is CCCCC(C)CCC(CN(N)C(=O)CC(C)CC)C(=O)O. The van der Waals surface area contributed by atoms with Gasteiger partial charge in [-0.3, -0.25) is 14.6 Å². The van der Waals surface area contributed by atoms with E-state index in [-0.39, 0.29) is 18.4 Å². The quantitative estimate of drug-likeness (QED) is 0.328. The Hall–Kier alpha value is -1.10. The van der Waals surface area contributed by atoms with Crippen LogP contribution in [0.1, 0.15) is 72.6 Å². The Morgan fingerprint density at radius 3 is 2.23 bits per heavy atom. The minimum Gasteiger partial charge on any atom is -0.481 e. The number of carbonyl (C=O) groups is 2. The Morgan fingerprint density at radius 2 is 1.73 bits per heavy atom. The number of nitrogens with zero attached hydrogens (tertiary/aromatic N) is 1. The van der Waals surface area contributed by atoms with Gasteiger partial charge in [0.15, 0.2) is 0 Å². The lowest BCUT2D eigenvalue weighted by Crippen LogP contribution is -2.43. The second-order valence-electron chi connectivity index (χ2n) is 6.62. The van der Waals surface area contributed by atoms with Gasteiger partial charge in [-0.05, 0) is 24.7 Å². The molecular formula is C17H34N2O3. The van der Waals surface area contributed by atoms with Crippen LogP contribution >= 0.6 is 0 Å². The molecule has 0 saturated heterocycles. The van der Waals surface area contributed by atoms with Gasteiger partial charge in [0.05, 0.1) is 12.5 Å². The van der Waals surface area contributed by atoms with Crippen molar-refractivity contribution in [2.75, 3.05) is 6.54 Å². The van der Waals surface area contributed by atoms with Crippen molar-refractivity contribution >= 4 is 11.9 Å². The van der Waals surface area contributed by atoms with E-state index in [1.165, 1.54) is 6.42 Å². The molecule has 5 nitrogen and oxygen atoms in total. The number of carboxylic acid groups (broad SMARTS) is 1. The van der Waals surface area contributed by atoms with E-state index in [1.54, 1.807) is 0 Å². The lowest BCUT2D eigenvalue weighted by atomic mass is 9.93. The van der Waals surface area contributed by atoms with Crippen LogP contribution in [0.2, 0.25) is 0 Å². The Bertz CT molecular complexity index is 334. The summed E-state index contributed by atoms with van der Waals surface area (Å²) >= 11 is 0. The number of aliphatic carboxylic acids is 1. The Labute approximate surface area is 135 Å². The molecule has 0 bridgehead atoms. The van der Waals surface area contributed by atoms with Gasteiger partial charge >= 0.3 is 5.97 Å². The summed E-state index contributed by atoms with van der Waals surface area (Å²) in [6.07, 6.45) is 6.20. The van der Waals surface area contributed by atoms with E-state index in [0.29, 0.717) is 18.8 Å². The normalized spacial score (nSPS) is 15.1. The standard InChI is InChI=1S/C17H34N2O3/c1-5-7-8-14(4)9-10-15(17(21)22)12-19(18)16(20)11-13(3)6-2/h13-15H,5-12,18H2,1-4H3,(H,21,22). The first-order valence-corrected chi connectivity index (χ1v) is 8.59. The highest BCUT2D eigenvalue weighted by Crippen LogP contribution is 2.19. The molecule has 3 N–H and O–H groups in total. The molecule has 0 rings (SSSR count). The average Bonchev–Trinajstić information content (AvgIpc) is 2.48. The van der Waals surface area contributed by atoms with E-state index in [4.69, 9.17) is 5.84 Å². The van der Waals surface area contributed by atoms with Crippen LogP contribution in [0, 0.1) is 17.8 Å². The van der Waals surface area contributed by atoms with Gasteiger partial charge in [-0.1, -0.05) is 53.4 Å². The maximum atomic E-state index is 12.0. The lowest BCUT2D eigenvalue weighted by Gasteiger charge is -2.23. The van der Waals surface area contributed by atoms with Gasteiger partial charge < -0.3 is 5.11 Å². The maximum Gasteiger partial charge on any atom is 0.308 e. The van der Waals surface area contributed by atoms with Gasteiger partial charge in [0.1, 0.15) is 0 Å². The summed E-state index contributed by atoms with van der Waals surface area (Å²) in [7, 11) is 0. The molecule has 5 heteroatoms. The number of carbonyl (C=O) groups excluding carboxylic acids is 1. The summed E-state index contributed by atoms with van der Waals surface area (Å²) in [5.74, 6) is 4.95. The first kappa shape index (κ1) is 20.9. The monoisotopic (exact) mass is 314 g/mol. The minimum atomic E-state index is -0.866. The Kier molecular flexibility index (Phi) is 10.9. The number of unbranched alkanes of at least 4 members (excludes halogenated alkanes) is 1. The van der Waals surface area contributed by atoms with E-state index in [9.17, 15) is 14.7 Å². The van der Waals surface area contributed by atoms with E-state index in [2.05, 4.69) is 13.8 Å². The van der Waals surface area contributed by atoms with Gasteiger partial charge in [0, 0.05) is 6.42 Å². The highest BCUT2D eigenvalue weighted by Gasteiger charge is 2.23. The summed E-state index contributed by atoms with van der Waals surface area (Å²) in [6.45, 7) is 8.43. The molecule has 0 radical (unpaired) electrons. The van der Waals surface area contributed by atoms with Gasteiger partial charge in [0.2, 0.25) is 5.91 Å². The second kappa shape index (κ2) is 11.5. The Morgan fingerprint density at radius 1 is 1.09 bits per heavy atom. The molecule has 0 aromatic heterocycles. The zero-order valence-electron chi connectivity index (χ0n) is 14.7. The summed E-state index contributed by atoms with van der Waals surface area (Å²) in [5.41, 5.74) is 0. The molecule has 0 spiro atoms. The van der Waals surface area contributed by atoms with Crippen LogP contribution < -0.4 is 5.84 Å². The highest BCUT2D eigenvalue weighted by atomic mass is 16.4. The first-order valence-electron chi connectivity index (χ1n) is 8.59. The van der Waals surface area contributed by atoms with Crippen LogP contribution in [0.3, 0.4) is 0 Å². The number of nitrogens with two attached hydrogens (primary N) is 1. The first-order chi connectivity index (χ1) is 10.3. The molecule has 0 fully saturated rings. The van der Waals surface area contributed by atoms with Crippen molar-refractivity contribution in [3.05, 3.63) is 0 Å². The van der Waals surface area contributed by atoms with E-state index in [0.717, 1.165) is 30.7 Å². The van der Waals surface area contributed by atoms with Crippen molar-refractivity contribution < 1.29 is 14.7 Å². The van der Waals surface area contributed by atoms with Gasteiger partial charge in [-0.2, -0.15) is 0 Å². The number of carboxylic acids is 1. The molecular weight excluding hydrogens is 280 g/mol. The van der Waals surface area contributed by atoms with E-state index < -0.39 is 11.9 Å². The van der Waals surface area contributed by atoms with Crippen molar-refractivity contribution in [2.24, 2.45) is 23.6 Å². The number of amides is 1. The lowest BCUT2D eigenvalue weighted by molar-refractivity contribution is -0.144. The van der Waals surface area contributed by atoms with Crippen LogP contribution in [0.5, 0.6) is 0 Å². The fourth-order valence-electron chi connectivity index (χ4n) is 2.37. The molecule has 22 heavy (non-hydrogen) atoms. The summed E-state index contributed by atoms with van der Waals surface area (Å²) in [4.78, 5) is 23.3. The molecule has 0 heterocycles. The summed E-state index contributed by atoms with van der Waals surface area (Å²) in [5, 5.41) is 10.4. The van der Waals surface area contributed by atoms with Crippen molar-refractivity contribution in [2.45, 2.75) is 72.6 Å². The predicted molar refractivity (Wildman–Crippen MR) is 89.0 cm³/mol. The van der Waals surface area contributed by atoms with E-state index >= 15 is 0 Å². The third-order valence-electron chi connectivity index (χ3n) is 4.37. The van der Waals surface area contributed by atoms with Crippen molar-refractivity contribution in [3.63, 3.8) is 0 Å². The molecule has 3 atom stereocenters. The summed E-state index contributed by atoms with van der Waals surface area (Å²) in [6, 6.07) is 0. The maximum absolute atomic E-state index is 12.0. The third-order valence-corrected chi connectivity index (χ3v) is 4.37. The highest BCUT2D eigenvalue weighted by molar-refractivity contribution is 5.77. The van der Waals surface area contributed by atoms with Crippen LogP contribution in [0.15, 0.2) is 0 Å². The molecule has 0 aliphatic heterocycles. The molecule has 0 aliphatic rings. The molecule has 0 saturated carbocycles. The largest absolute Gasteiger partial charge is 0.481 e. The zero-order chi connectivity index (χ0) is 17.1. The van der Waals surface area contributed by atoms with Gasteiger partial charge in [0.25, 0.3) is 0 Å². The fourth-order valence-corrected chi connectivity index (χ4v) is 2.37. The second-order valence-corrected chi connectivity index (χ2v) is 6.62. The van der Waals surface area contributed by atoms with E-state index in [1.807, 2.05) is 13.8 Å². The average molecular weight is 314 g/mol. The molecule has 0 aromatic carbocycles. The van der Waals surface area contributed by atoms with Crippen LogP contribution in [0.4, 0.5) is 0 Å².